The second-order valence-corrected chi connectivity index (χ2v) is 4.35. The van der Waals surface area contributed by atoms with Crippen molar-refractivity contribution in [2.24, 2.45) is 5.92 Å². The van der Waals surface area contributed by atoms with Crippen LogP contribution < -0.4 is 5.73 Å². The summed E-state index contributed by atoms with van der Waals surface area (Å²) in [5.74, 6) is 0.793. The molecule has 0 saturated carbocycles. The minimum Gasteiger partial charge on any atom is -0.375 e. The molecule has 0 spiro atoms. The van der Waals surface area contributed by atoms with Gasteiger partial charge in [-0.3, -0.25) is 0 Å². The molecule has 0 fully saturated rings. The van der Waals surface area contributed by atoms with Crippen LogP contribution in [0.4, 0.5) is 5.13 Å². The van der Waals surface area contributed by atoms with Crippen LogP contribution in [-0.2, 0) is 6.42 Å². The molecule has 1 rings (SSSR count). The molecule has 12 heavy (non-hydrogen) atoms. The van der Waals surface area contributed by atoms with Crippen LogP contribution in [0, 0.1) is 5.92 Å². The van der Waals surface area contributed by atoms with Crippen LogP contribution in [0.1, 0.15) is 32.4 Å². The van der Waals surface area contributed by atoms with Gasteiger partial charge in [0.2, 0.25) is 0 Å². The van der Waals surface area contributed by atoms with Crippen molar-refractivity contribution in [1.29, 1.82) is 0 Å². The number of nitrogens with two attached hydrogens (primary N) is 1. The normalized spacial score (nSPS) is 10.9. The van der Waals surface area contributed by atoms with Crippen molar-refractivity contribution in [1.82, 2.24) is 4.98 Å². The maximum absolute atomic E-state index is 5.52. The van der Waals surface area contributed by atoms with Crippen LogP contribution in [0.2, 0.25) is 0 Å². The molecule has 2 nitrogen and oxygen atoms in total. The minimum absolute atomic E-state index is 0.689. The van der Waals surface area contributed by atoms with Crippen molar-refractivity contribution in [2.75, 3.05) is 5.73 Å². The predicted molar refractivity (Wildman–Crippen MR) is 54.3 cm³/mol. The maximum atomic E-state index is 5.52. The monoisotopic (exact) mass is 184 g/mol. The van der Waals surface area contributed by atoms with E-state index in [1.54, 1.807) is 0 Å². The van der Waals surface area contributed by atoms with Gasteiger partial charge in [0.05, 0.1) is 5.69 Å². The Morgan fingerprint density at radius 3 is 2.83 bits per heavy atom. The second kappa shape index (κ2) is 4.45. The van der Waals surface area contributed by atoms with Crippen LogP contribution in [-0.4, -0.2) is 4.98 Å². The molecule has 0 amide bonds. The molecule has 0 bridgehead atoms. The molecule has 1 heterocycles. The SMILES string of the molecule is CC(C)CCCc1csc(N)n1. The lowest BCUT2D eigenvalue weighted by Gasteiger charge is -2.01. The van der Waals surface area contributed by atoms with Crippen LogP contribution in [0.15, 0.2) is 5.38 Å². The van der Waals surface area contributed by atoms with Crippen molar-refractivity contribution in [3.05, 3.63) is 11.1 Å². The van der Waals surface area contributed by atoms with Gasteiger partial charge in [-0.05, 0) is 18.8 Å². The highest BCUT2D eigenvalue weighted by molar-refractivity contribution is 7.13. The molecule has 0 aliphatic heterocycles. The average molecular weight is 184 g/mol. The third kappa shape index (κ3) is 3.22. The van der Waals surface area contributed by atoms with Gasteiger partial charge in [0.1, 0.15) is 0 Å². The van der Waals surface area contributed by atoms with Gasteiger partial charge in [-0.1, -0.05) is 20.3 Å². The molecular formula is C9H16N2S. The average Bonchev–Trinajstić information content (AvgIpc) is 2.35. The summed E-state index contributed by atoms with van der Waals surface area (Å²) < 4.78 is 0. The summed E-state index contributed by atoms with van der Waals surface area (Å²) in [5.41, 5.74) is 6.67. The zero-order chi connectivity index (χ0) is 8.97. The Kier molecular flexibility index (Phi) is 3.53. The van der Waals surface area contributed by atoms with E-state index in [9.17, 15) is 0 Å². The lowest BCUT2D eigenvalue weighted by molar-refractivity contribution is 0.554. The maximum Gasteiger partial charge on any atom is 0.180 e. The molecule has 0 aromatic carbocycles. The lowest BCUT2D eigenvalue weighted by atomic mass is 10.1. The van der Waals surface area contributed by atoms with Gasteiger partial charge in [0.15, 0.2) is 5.13 Å². The van der Waals surface area contributed by atoms with Crippen LogP contribution in [0.3, 0.4) is 0 Å². The van der Waals surface area contributed by atoms with E-state index in [-0.39, 0.29) is 0 Å². The van der Waals surface area contributed by atoms with Gasteiger partial charge < -0.3 is 5.73 Å². The highest BCUT2D eigenvalue weighted by Crippen LogP contribution is 2.14. The fourth-order valence-corrected chi connectivity index (χ4v) is 1.73. The first-order chi connectivity index (χ1) is 5.68. The zero-order valence-electron chi connectivity index (χ0n) is 7.71. The number of anilines is 1. The molecule has 0 radical (unpaired) electrons. The number of rotatable bonds is 4. The Hall–Kier alpha value is -0.570. The van der Waals surface area contributed by atoms with E-state index in [4.69, 9.17) is 5.73 Å². The molecule has 2 N–H and O–H groups in total. The summed E-state index contributed by atoms with van der Waals surface area (Å²) in [6.07, 6.45) is 3.57. The Morgan fingerprint density at radius 1 is 1.58 bits per heavy atom. The van der Waals surface area contributed by atoms with Crippen LogP contribution >= 0.6 is 11.3 Å². The molecule has 0 aliphatic carbocycles. The Labute approximate surface area is 77.8 Å². The Morgan fingerprint density at radius 2 is 2.33 bits per heavy atom. The molecule has 3 heteroatoms. The zero-order valence-corrected chi connectivity index (χ0v) is 8.53. The van der Waals surface area contributed by atoms with Crippen molar-refractivity contribution >= 4 is 16.5 Å². The molecular weight excluding hydrogens is 168 g/mol. The smallest absolute Gasteiger partial charge is 0.180 e. The van der Waals surface area contributed by atoms with Crippen LogP contribution in [0.25, 0.3) is 0 Å². The van der Waals surface area contributed by atoms with Gasteiger partial charge in [0, 0.05) is 5.38 Å². The molecule has 0 unspecified atom stereocenters. The first-order valence-electron chi connectivity index (χ1n) is 4.38. The van der Waals surface area contributed by atoms with E-state index in [1.165, 1.54) is 24.2 Å². The molecule has 0 atom stereocenters. The number of hydrogen-bond acceptors (Lipinski definition) is 3. The highest BCUT2D eigenvalue weighted by atomic mass is 32.1. The summed E-state index contributed by atoms with van der Waals surface area (Å²) in [6, 6.07) is 0. The van der Waals surface area contributed by atoms with Gasteiger partial charge in [-0.2, -0.15) is 0 Å². The van der Waals surface area contributed by atoms with Gasteiger partial charge in [0.25, 0.3) is 0 Å². The number of nitrogen functional groups attached to an aromatic ring is 1. The third-order valence-corrected chi connectivity index (χ3v) is 2.51. The van der Waals surface area contributed by atoms with Gasteiger partial charge in [-0.15, -0.1) is 11.3 Å². The topological polar surface area (TPSA) is 38.9 Å². The third-order valence-electron chi connectivity index (χ3n) is 1.78. The lowest BCUT2D eigenvalue weighted by Crippen LogP contribution is -1.91. The van der Waals surface area contributed by atoms with Crippen molar-refractivity contribution < 1.29 is 0 Å². The molecule has 0 saturated heterocycles. The van der Waals surface area contributed by atoms with E-state index >= 15 is 0 Å². The molecule has 68 valence electrons. The number of aromatic nitrogens is 1. The summed E-state index contributed by atoms with van der Waals surface area (Å²) in [4.78, 5) is 4.20. The van der Waals surface area contributed by atoms with Gasteiger partial charge >= 0.3 is 0 Å². The molecule has 1 aromatic rings. The minimum atomic E-state index is 0.689. The predicted octanol–water partition coefficient (Wildman–Crippen LogP) is 2.70. The largest absolute Gasteiger partial charge is 0.375 e. The van der Waals surface area contributed by atoms with E-state index < -0.39 is 0 Å². The van der Waals surface area contributed by atoms with Crippen LogP contribution in [0.5, 0.6) is 0 Å². The number of nitrogens with zero attached hydrogens (tertiary/aromatic N) is 1. The summed E-state index contributed by atoms with van der Waals surface area (Å²) in [6.45, 7) is 4.49. The Bertz CT molecular complexity index is 230. The summed E-state index contributed by atoms with van der Waals surface area (Å²) in [7, 11) is 0. The number of thiazole rings is 1. The standard InChI is InChI=1S/C9H16N2S/c1-7(2)4-3-5-8-6-12-9(10)11-8/h6-7H,3-5H2,1-2H3,(H2,10,11). The fraction of sp³-hybridized carbons (Fsp3) is 0.667. The second-order valence-electron chi connectivity index (χ2n) is 3.46. The van der Waals surface area contributed by atoms with Crippen molar-refractivity contribution in [3.63, 3.8) is 0 Å². The number of aryl methyl sites for hydroxylation is 1. The van der Waals surface area contributed by atoms with Crippen molar-refractivity contribution in [3.8, 4) is 0 Å². The first-order valence-corrected chi connectivity index (χ1v) is 5.26. The fourth-order valence-electron chi connectivity index (χ4n) is 1.13. The first kappa shape index (κ1) is 9.52. The summed E-state index contributed by atoms with van der Waals surface area (Å²) in [5, 5.41) is 2.74. The van der Waals surface area contributed by atoms with E-state index in [0.29, 0.717) is 5.13 Å². The van der Waals surface area contributed by atoms with E-state index in [1.807, 2.05) is 0 Å². The quantitative estimate of drug-likeness (QED) is 0.781. The van der Waals surface area contributed by atoms with E-state index in [2.05, 4.69) is 24.2 Å². The molecule has 0 aliphatic rings. The Balaban J connectivity index is 2.24. The highest BCUT2D eigenvalue weighted by Gasteiger charge is 1.99. The summed E-state index contributed by atoms with van der Waals surface area (Å²) >= 11 is 1.53. The van der Waals surface area contributed by atoms with E-state index in [0.717, 1.165) is 18.0 Å². The molecule has 1 aromatic heterocycles. The number of hydrogen-bond donors (Lipinski definition) is 1. The van der Waals surface area contributed by atoms with Gasteiger partial charge in [-0.25, -0.2) is 4.98 Å². The van der Waals surface area contributed by atoms with Crippen molar-refractivity contribution in [2.45, 2.75) is 33.1 Å².